The molecule has 47 heavy (non-hydrogen) atoms. The molecule has 0 aliphatic carbocycles. The third-order valence-corrected chi connectivity index (χ3v) is 9.63. The Bertz CT molecular complexity index is 2910. The summed E-state index contributed by atoms with van der Waals surface area (Å²) in [6, 6.07) is 58.3. The molecule has 3 aromatic heterocycles. The van der Waals surface area contributed by atoms with Crippen LogP contribution in [0.1, 0.15) is 5.56 Å². The number of nitrogens with zero attached hydrogens (tertiary/aromatic N) is 4. The number of aromatic nitrogens is 3. The molecule has 0 spiro atoms. The van der Waals surface area contributed by atoms with E-state index >= 15 is 0 Å². The van der Waals surface area contributed by atoms with Crippen LogP contribution in [-0.2, 0) is 0 Å². The minimum absolute atomic E-state index is 0.665. The fraction of sp³-hybridized carbons (Fsp3) is 0. The number of para-hydroxylation sites is 4. The lowest BCUT2D eigenvalue weighted by atomic mass is 10.1. The standard InChI is InChI=1S/C43H26N4/c44-27-28-21-23-40-36(25-28)33-16-5-7-18-37(33)46(40)30-13-10-14-31(26-30)47-38-19-8-4-15-32(38)34-22-24-41-42(43(34)47)35-17-6-9-20-39(35)45(41)29-11-2-1-3-12-29/h1-26H. The highest BCUT2D eigenvalue weighted by atomic mass is 15.0. The molecule has 0 bridgehead atoms. The zero-order chi connectivity index (χ0) is 31.1. The number of hydrogen-bond donors (Lipinski definition) is 0. The Hall–Kier alpha value is -6.57. The quantitative estimate of drug-likeness (QED) is 0.199. The van der Waals surface area contributed by atoms with Crippen molar-refractivity contribution >= 4 is 65.4 Å². The molecule has 7 aromatic carbocycles. The lowest BCUT2D eigenvalue weighted by Crippen LogP contribution is -1.99. The van der Waals surface area contributed by atoms with Crippen molar-refractivity contribution in [1.29, 1.82) is 5.26 Å². The normalized spacial score (nSPS) is 11.8. The van der Waals surface area contributed by atoms with Crippen molar-refractivity contribution in [2.45, 2.75) is 0 Å². The molecule has 4 heteroatoms. The van der Waals surface area contributed by atoms with Crippen molar-refractivity contribution in [3.8, 4) is 23.1 Å². The van der Waals surface area contributed by atoms with E-state index in [1.54, 1.807) is 0 Å². The zero-order valence-corrected chi connectivity index (χ0v) is 25.3. The smallest absolute Gasteiger partial charge is 0.0991 e. The highest BCUT2D eigenvalue weighted by molar-refractivity contribution is 6.26. The van der Waals surface area contributed by atoms with Gasteiger partial charge in [-0.3, -0.25) is 0 Å². The van der Waals surface area contributed by atoms with Gasteiger partial charge in [0, 0.05) is 49.4 Å². The van der Waals surface area contributed by atoms with Gasteiger partial charge in [0.1, 0.15) is 0 Å². The van der Waals surface area contributed by atoms with Gasteiger partial charge in [0.25, 0.3) is 0 Å². The second-order valence-electron chi connectivity index (χ2n) is 12.1. The third kappa shape index (κ3) is 3.57. The highest BCUT2D eigenvalue weighted by Crippen LogP contribution is 2.42. The van der Waals surface area contributed by atoms with Crippen LogP contribution in [0.25, 0.3) is 82.5 Å². The number of hydrogen-bond acceptors (Lipinski definition) is 1. The Morgan fingerprint density at radius 2 is 0.894 bits per heavy atom. The summed E-state index contributed by atoms with van der Waals surface area (Å²) in [5, 5.41) is 16.8. The Kier molecular flexibility index (Phi) is 5.32. The lowest BCUT2D eigenvalue weighted by molar-refractivity contribution is 1.14. The van der Waals surface area contributed by atoms with Crippen molar-refractivity contribution in [3.05, 3.63) is 163 Å². The van der Waals surface area contributed by atoms with Gasteiger partial charge in [0.2, 0.25) is 0 Å². The SMILES string of the molecule is N#Cc1ccc2c(c1)c1ccccc1n2-c1cccc(-n2c3ccccc3c3ccc4c(c5ccccc5n4-c4ccccc4)c32)c1. The van der Waals surface area contributed by atoms with Crippen LogP contribution in [0.5, 0.6) is 0 Å². The number of rotatable bonds is 3. The zero-order valence-electron chi connectivity index (χ0n) is 25.3. The molecule has 0 unspecified atom stereocenters. The molecule has 0 saturated carbocycles. The van der Waals surface area contributed by atoms with Crippen molar-refractivity contribution in [3.63, 3.8) is 0 Å². The number of benzene rings is 7. The fourth-order valence-corrected chi connectivity index (χ4v) is 7.72. The lowest BCUT2D eigenvalue weighted by Gasteiger charge is -2.13. The average Bonchev–Trinajstić information content (AvgIpc) is 3.77. The molecule has 0 N–H and O–H groups in total. The Labute approximate surface area is 270 Å². The van der Waals surface area contributed by atoms with E-state index in [0.717, 1.165) is 38.9 Å². The summed E-state index contributed by atoms with van der Waals surface area (Å²) in [4.78, 5) is 0. The van der Waals surface area contributed by atoms with Gasteiger partial charge in [-0.15, -0.1) is 0 Å². The van der Waals surface area contributed by atoms with E-state index < -0.39 is 0 Å². The van der Waals surface area contributed by atoms with E-state index in [9.17, 15) is 5.26 Å². The maximum absolute atomic E-state index is 9.65. The summed E-state index contributed by atoms with van der Waals surface area (Å²) in [5.74, 6) is 0. The largest absolute Gasteiger partial charge is 0.309 e. The predicted molar refractivity (Wildman–Crippen MR) is 194 cm³/mol. The molecular weight excluding hydrogens is 573 g/mol. The summed E-state index contributed by atoms with van der Waals surface area (Å²) >= 11 is 0. The maximum Gasteiger partial charge on any atom is 0.0991 e. The van der Waals surface area contributed by atoms with Gasteiger partial charge in [-0.25, -0.2) is 0 Å². The van der Waals surface area contributed by atoms with Crippen molar-refractivity contribution in [2.75, 3.05) is 0 Å². The Morgan fingerprint density at radius 3 is 1.64 bits per heavy atom. The molecule has 0 aliphatic heterocycles. The first-order valence-electron chi connectivity index (χ1n) is 15.8. The average molecular weight is 599 g/mol. The molecule has 10 rings (SSSR count). The van der Waals surface area contributed by atoms with Crippen LogP contribution in [0.4, 0.5) is 0 Å². The van der Waals surface area contributed by atoms with E-state index in [0.29, 0.717) is 5.56 Å². The highest BCUT2D eigenvalue weighted by Gasteiger charge is 2.21. The minimum atomic E-state index is 0.665. The van der Waals surface area contributed by atoms with Crippen LogP contribution in [0, 0.1) is 11.3 Å². The summed E-state index contributed by atoms with van der Waals surface area (Å²) in [7, 11) is 0. The van der Waals surface area contributed by atoms with E-state index in [2.05, 4.69) is 165 Å². The molecule has 0 aliphatic rings. The number of nitriles is 1. The van der Waals surface area contributed by atoms with Crippen LogP contribution >= 0.6 is 0 Å². The predicted octanol–water partition coefficient (Wildman–Crippen LogP) is 10.8. The summed E-state index contributed by atoms with van der Waals surface area (Å²) < 4.78 is 7.15. The van der Waals surface area contributed by atoms with Gasteiger partial charge in [-0.2, -0.15) is 5.26 Å². The molecule has 0 atom stereocenters. The minimum Gasteiger partial charge on any atom is -0.309 e. The molecule has 218 valence electrons. The first-order valence-corrected chi connectivity index (χ1v) is 15.8. The molecular formula is C43H26N4. The topological polar surface area (TPSA) is 38.6 Å². The summed E-state index contributed by atoms with van der Waals surface area (Å²) in [6.07, 6.45) is 0. The van der Waals surface area contributed by atoms with Crippen LogP contribution in [0.3, 0.4) is 0 Å². The monoisotopic (exact) mass is 598 g/mol. The molecule has 4 nitrogen and oxygen atoms in total. The maximum atomic E-state index is 9.65. The Morgan fingerprint density at radius 1 is 0.362 bits per heavy atom. The van der Waals surface area contributed by atoms with Gasteiger partial charge in [0.15, 0.2) is 0 Å². The third-order valence-electron chi connectivity index (χ3n) is 9.63. The first-order chi connectivity index (χ1) is 23.3. The molecule has 0 saturated heterocycles. The van der Waals surface area contributed by atoms with E-state index in [-0.39, 0.29) is 0 Å². The summed E-state index contributed by atoms with van der Waals surface area (Å²) in [6.45, 7) is 0. The van der Waals surface area contributed by atoms with Gasteiger partial charge in [0.05, 0.1) is 44.7 Å². The van der Waals surface area contributed by atoms with Gasteiger partial charge in [-0.05, 0) is 72.8 Å². The molecule has 0 fully saturated rings. The molecule has 0 amide bonds. The molecule has 3 heterocycles. The van der Waals surface area contributed by atoms with E-state index in [1.165, 1.54) is 43.6 Å². The second-order valence-corrected chi connectivity index (χ2v) is 12.1. The second kappa shape index (κ2) is 9.71. The first kappa shape index (κ1) is 25.7. The van der Waals surface area contributed by atoms with Gasteiger partial charge >= 0.3 is 0 Å². The van der Waals surface area contributed by atoms with Crippen molar-refractivity contribution in [2.24, 2.45) is 0 Å². The van der Waals surface area contributed by atoms with E-state index in [1.807, 2.05) is 12.1 Å². The Balaban J connectivity index is 1.32. The van der Waals surface area contributed by atoms with Crippen LogP contribution in [0.2, 0.25) is 0 Å². The van der Waals surface area contributed by atoms with Crippen LogP contribution in [-0.4, -0.2) is 13.7 Å². The van der Waals surface area contributed by atoms with Gasteiger partial charge in [-0.1, -0.05) is 84.9 Å². The molecule has 0 radical (unpaired) electrons. The summed E-state index contributed by atoms with van der Waals surface area (Å²) in [5.41, 5.74) is 10.9. The fourth-order valence-electron chi connectivity index (χ4n) is 7.72. The van der Waals surface area contributed by atoms with Gasteiger partial charge < -0.3 is 13.7 Å². The van der Waals surface area contributed by atoms with Crippen LogP contribution in [0.15, 0.2) is 158 Å². The van der Waals surface area contributed by atoms with E-state index in [4.69, 9.17) is 0 Å². The van der Waals surface area contributed by atoms with Crippen molar-refractivity contribution in [1.82, 2.24) is 13.7 Å². The molecule has 10 aromatic rings. The number of fused-ring (bicyclic) bond motifs is 10. The van der Waals surface area contributed by atoms with Crippen molar-refractivity contribution < 1.29 is 0 Å². The van der Waals surface area contributed by atoms with Crippen LogP contribution < -0.4 is 0 Å².